The van der Waals surface area contributed by atoms with Gasteiger partial charge in [0.1, 0.15) is 5.82 Å². The fourth-order valence-corrected chi connectivity index (χ4v) is 1.50. The summed E-state index contributed by atoms with van der Waals surface area (Å²) >= 11 is 0. The molecule has 0 aliphatic heterocycles. The van der Waals surface area contributed by atoms with Crippen molar-refractivity contribution < 1.29 is 18.3 Å². The third kappa shape index (κ3) is 2.68. The van der Waals surface area contributed by atoms with E-state index in [1.165, 1.54) is 14.2 Å². The van der Waals surface area contributed by atoms with E-state index in [9.17, 15) is 8.78 Å². The lowest BCUT2D eigenvalue weighted by molar-refractivity contribution is 0.179. The van der Waals surface area contributed by atoms with Crippen LogP contribution in [0.5, 0.6) is 5.75 Å². The molecule has 1 unspecified atom stereocenters. The largest absolute Gasteiger partial charge is 0.494 e. The van der Waals surface area contributed by atoms with Crippen LogP contribution in [0, 0.1) is 11.6 Å². The Hall–Kier alpha value is -1.20. The lowest BCUT2D eigenvalue weighted by Crippen LogP contribution is -2.18. The average molecular weight is 231 g/mol. The Kier molecular flexibility index (Phi) is 4.64. The smallest absolute Gasteiger partial charge is 0.165 e. The monoisotopic (exact) mass is 231 g/mol. The molecule has 1 aromatic carbocycles. The highest BCUT2D eigenvalue weighted by molar-refractivity contribution is 5.33. The van der Waals surface area contributed by atoms with Crippen LogP contribution in [0.2, 0.25) is 0 Å². The van der Waals surface area contributed by atoms with Crippen LogP contribution in [0.3, 0.4) is 0 Å². The molecule has 2 N–H and O–H groups in total. The van der Waals surface area contributed by atoms with E-state index in [1.54, 1.807) is 0 Å². The summed E-state index contributed by atoms with van der Waals surface area (Å²) in [5.74, 6) is -1.61. The number of rotatable bonds is 5. The Balaban J connectivity index is 3.08. The van der Waals surface area contributed by atoms with Gasteiger partial charge in [0.05, 0.1) is 13.7 Å². The molecule has 0 saturated heterocycles. The molecule has 0 aliphatic rings. The van der Waals surface area contributed by atoms with Gasteiger partial charge >= 0.3 is 0 Å². The average Bonchev–Trinajstić information content (AvgIpc) is 2.28. The molecule has 0 heterocycles. The first-order chi connectivity index (χ1) is 7.63. The second-order valence-electron chi connectivity index (χ2n) is 3.40. The van der Waals surface area contributed by atoms with E-state index in [0.29, 0.717) is 0 Å². The Morgan fingerprint density at radius 2 is 1.94 bits per heavy atom. The lowest BCUT2D eigenvalue weighted by Gasteiger charge is -2.15. The number of ether oxygens (including phenoxy) is 2. The quantitative estimate of drug-likeness (QED) is 0.838. The number of hydrogen-bond acceptors (Lipinski definition) is 3. The van der Waals surface area contributed by atoms with E-state index in [2.05, 4.69) is 4.74 Å². The van der Waals surface area contributed by atoms with E-state index in [4.69, 9.17) is 10.5 Å². The van der Waals surface area contributed by atoms with Crippen LogP contribution >= 0.6 is 0 Å². The Bertz CT molecular complexity index is 358. The molecule has 16 heavy (non-hydrogen) atoms. The van der Waals surface area contributed by atoms with Crippen molar-refractivity contribution in [3.63, 3.8) is 0 Å². The fraction of sp³-hybridized carbons (Fsp3) is 0.455. The predicted octanol–water partition coefficient (Wildman–Crippen LogP) is 1.66. The topological polar surface area (TPSA) is 44.5 Å². The van der Waals surface area contributed by atoms with E-state index in [0.717, 1.165) is 12.1 Å². The summed E-state index contributed by atoms with van der Waals surface area (Å²) in [6, 6.07) is 2.12. The molecule has 1 aromatic rings. The molecule has 0 radical (unpaired) electrons. The Morgan fingerprint density at radius 1 is 1.25 bits per heavy atom. The molecule has 0 saturated carbocycles. The first-order valence-electron chi connectivity index (χ1n) is 4.86. The van der Waals surface area contributed by atoms with Gasteiger partial charge in [0.2, 0.25) is 0 Å². The van der Waals surface area contributed by atoms with Crippen molar-refractivity contribution in [2.24, 2.45) is 5.73 Å². The van der Waals surface area contributed by atoms with E-state index in [-0.39, 0.29) is 30.4 Å². The lowest BCUT2D eigenvalue weighted by atomic mass is 9.99. The van der Waals surface area contributed by atoms with Gasteiger partial charge < -0.3 is 15.2 Å². The summed E-state index contributed by atoms with van der Waals surface area (Å²) in [6.45, 7) is 0.440. The minimum absolute atomic E-state index is 0.116. The predicted molar refractivity (Wildman–Crippen MR) is 56.6 cm³/mol. The van der Waals surface area contributed by atoms with Crippen LogP contribution in [-0.2, 0) is 4.74 Å². The van der Waals surface area contributed by atoms with Crippen LogP contribution in [-0.4, -0.2) is 27.4 Å². The highest BCUT2D eigenvalue weighted by Crippen LogP contribution is 2.26. The zero-order chi connectivity index (χ0) is 12.1. The van der Waals surface area contributed by atoms with Gasteiger partial charge in [-0.1, -0.05) is 0 Å². The van der Waals surface area contributed by atoms with Crippen LogP contribution in [0.1, 0.15) is 11.5 Å². The highest BCUT2D eigenvalue weighted by Gasteiger charge is 2.17. The molecule has 3 nitrogen and oxygen atoms in total. The summed E-state index contributed by atoms with van der Waals surface area (Å²) < 4.78 is 36.6. The molecule has 0 spiro atoms. The maximum atomic E-state index is 13.6. The van der Waals surface area contributed by atoms with Crippen LogP contribution in [0.4, 0.5) is 8.78 Å². The number of halogens is 2. The maximum Gasteiger partial charge on any atom is 0.165 e. The van der Waals surface area contributed by atoms with Crippen molar-refractivity contribution in [3.05, 3.63) is 29.3 Å². The number of nitrogens with two attached hydrogens (primary N) is 1. The van der Waals surface area contributed by atoms with Gasteiger partial charge in [0.25, 0.3) is 0 Å². The normalized spacial score (nSPS) is 12.6. The summed E-state index contributed by atoms with van der Waals surface area (Å²) in [5.41, 5.74) is 5.69. The number of methoxy groups -OCH3 is 2. The first-order valence-corrected chi connectivity index (χ1v) is 4.86. The second-order valence-corrected chi connectivity index (χ2v) is 3.40. The molecule has 90 valence electrons. The zero-order valence-electron chi connectivity index (χ0n) is 9.30. The minimum Gasteiger partial charge on any atom is -0.494 e. The highest BCUT2D eigenvalue weighted by atomic mass is 19.1. The fourth-order valence-electron chi connectivity index (χ4n) is 1.50. The first kappa shape index (κ1) is 12.9. The molecule has 0 amide bonds. The molecule has 0 fully saturated rings. The molecule has 0 aromatic heterocycles. The van der Waals surface area contributed by atoms with Gasteiger partial charge in [-0.3, -0.25) is 0 Å². The Labute approximate surface area is 93.2 Å². The number of hydrogen-bond donors (Lipinski definition) is 1. The van der Waals surface area contributed by atoms with Crippen molar-refractivity contribution in [3.8, 4) is 5.75 Å². The van der Waals surface area contributed by atoms with E-state index >= 15 is 0 Å². The van der Waals surface area contributed by atoms with Crippen molar-refractivity contribution in [2.75, 3.05) is 27.4 Å². The third-order valence-corrected chi connectivity index (χ3v) is 2.36. The van der Waals surface area contributed by atoms with E-state index in [1.807, 2.05) is 0 Å². The van der Waals surface area contributed by atoms with Crippen molar-refractivity contribution in [2.45, 2.75) is 5.92 Å². The van der Waals surface area contributed by atoms with Crippen molar-refractivity contribution >= 4 is 0 Å². The summed E-state index contributed by atoms with van der Waals surface area (Å²) in [5, 5.41) is 0. The molecular weight excluding hydrogens is 216 g/mol. The van der Waals surface area contributed by atoms with Crippen molar-refractivity contribution in [1.82, 2.24) is 0 Å². The standard InChI is InChI=1S/C11H15F2NO2/c1-15-6-7(5-14)8-3-10(13)11(16-2)4-9(8)12/h3-4,7H,5-6,14H2,1-2H3. The number of benzene rings is 1. The third-order valence-electron chi connectivity index (χ3n) is 2.36. The van der Waals surface area contributed by atoms with E-state index < -0.39 is 11.6 Å². The minimum atomic E-state index is -0.603. The van der Waals surface area contributed by atoms with Gasteiger partial charge in [-0.25, -0.2) is 8.78 Å². The summed E-state index contributed by atoms with van der Waals surface area (Å²) in [6.07, 6.45) is 0. The molecule has 5 heteroatoms. The molecule has 1 atom stereocenters. The molecule has 0 bridgehead atoms. The maximum absolute atomic E-state index is 13.6. The zero-order valence-corrected chi connectivity index (χ0v) is 9.30. The van der Waals surface area contributed by atoms with Gasteiger partial charge in [0.15, 0.2) is 11.6 Å². The summed E-state index contributed by atoms with van der Waals surface area (Å²) in [7, 11) is 2.77. The van der Waals surface area contributed by atoms with Crippen LogP contribution < -0.4 is 10.5 Å². The van der Waals surface area contributed by atoms with Crippen LogP contribution in [0.25, 0.3) is 0 Å². The molecule has 0 aliphatic carbocycles. The SMILES string of the molecule is COCC(CN)c1cc(F)c(OC)cc1F. The van der Waals surface area contributed by atoms with Gasteiger partial charge in [0, 0.05) is 25.6 Å². The molecular formula is C11H15F2NO2. The van der Waals surface area contributed by atoms with Gasteiger partial charge in [-0.2, -0.15) is 0 Å². The van der Waals surface area contributed by atoms with Crippen LogP contribution in [0.15, 0.2) is 12.1 Å². The summed E-state index contributed by atoms with van der Waals surface area (Å²) in [4.78, 5) is 0. The van der Waals surface area contributed by atoms with Crippen molar-refractivity contribution in [1.29, 1.82) is 0 Å². The molecule has 1 rings (SSSR count). The second kappa shape index (κ2) is 5.77. The van der Waals surface area contributed by atoms with Gasteiger partial charge in [-0.05, 0) is 11.6 Å². The Morgan fingerprint density at radius 3 is 2.44 bits per heavy atom. The van der Waals surface area contributed by atoms with Gasteiger partial charge in [-0.15, -0.1) is 0 Å².